The van der Waals surface area contributed by atoms with E-state index in [4.69, 9.17) is 11.6 Å². The zero-order valence-corrected chi connectivity index (χ0v) is 19.8. The summed E-state index contributed by atoms with van der Waals surface area (Å²) in [4.78, 5) is 20.1. The fourth-order valence-corrected chi connectivity index (χ4v) is 5.06. The van der Waals surface area contributed by atoms with Crippen molar-refractivity contribution >= 4 is 57.5 Å². The fourth-order valence-electron chi connectivity index (χ4n) is 4.09. The maximum Gasteiger partial charge on any atom is 0.264 e. The van der Waals surface area contributed by atoms with Crippen LogP contribution in [0.1, 0.15) is 45.2 Å². The first-order chi connectivity index (χ1) is 14.8. The van der Waals surface area contributed by atoms with Gasteiger partial charge in [-0.05, 0) is 92.6 Å². The molecule has 2 aliphatic rings. The number of benzene rings is 2. The second-order valence-corrected chi connectivity index (χ2v) is 9.83. The van der Waals surface area contributed by atoms with Gasteiger partial charge in [0.05, 0.1) is 16.1 Å². The molecule has 160 valence electrons. The van der Waals surface area contributed by atoms with E-state index in [1.54, 1.807) is 12.1 Å². The minimum Gasteiger partial charge on any atom is -0.362 e. The van der Waals surface area contributed by atoms with Crippen LogP contribution in [0.25, 0.3) is 11.6 Å². The summed E-state index contributed by atoms with van der Waals surface area (Å²) in [5.41, 5.74) is 5.49. The van der Waals surface area contributed by atoms with Gasteiger partial charge in [-0.15, -0.1) is 0 Å². The van der Waals surface area contributed by atoms with Crippen molar-refractivity contribution in [2.24, 2.45) is 4.99 Å². The third kappa shape index (κ3) is 4.58. The normalized spacial score (nSPS) is 20.1. The Morgan fingerprint density at radius 2 is 1.94 bits per heavy atom. The van der Waals surface area contributed by atoms with E-state index in [0.29, 0.717) is 15.1 Å². The highest BCUT2D eigenvalue weighted by Gasteiger charge is 2.31. The van der Waals surface area contributed by atoms with Gasteiger partial charge < -0.3 is 10.2 Å². The lowest BCUT2D eigenvalue weighted by Gasteiger charge is -2.43. The smallest absolute Gasteiger partial charge is 0.264 e. The standard InChI is InChI=1S/C25H26ClN3OS/c1-5-12-29-21-11-6-17(13-20(21)16(2)15-25(29,3)4)14-22-23(30)28-24(31-22)27-19-9-7-18(26)8-10-19/h6-11,13-15H,5,12H2,1-4H3,(H,27,28,30)/b22-14+. The van der Waals surface area contributed by atoms with E-state index in [1.165, 1.54) is 28.6 Å². The molecule has 1 amide bonds. The number of hydrogen-bond acceptors (Lipinski definition) is 4. The van der Waals surface area contributed by atoms with Gasteiger partial charge in [-0.3, -0.25) is 4.79 Å². The number of amides is 1. The minimum absolute atomic E-state index is 0.0126. The van der Waals surface area contributed by atoms with Crippen LogP contribution in [0.5, 0.6) is 0 Å². The number of anilines is 1. The van der Waals surface area contributed by atoms with Crippen LogP contribution >= 0.6 is 23.4 Å². The van der Waals surface area contributed by atoms with E-state index in [0.717, 1.165) is 24.2 Å². The predicted octanol–water partition coefficient (Wildman–Crippen LogP) is 6.64. The average molecular weight is 452 g/mol. The van der Waals surface area contributed by atoms with Crippen molar-refractivity contribution in [1.29, 1.82) is 0 Å². The molecule has 6 heteroatoms. The van der Waals surface area contributed by atoms with Crippen LogP contribution in [0.2, 0.25) is 5.02 Å². The van der Waals surface area contributed by atoms with Crippen LogP contribution in [-0.4, -0.2) is 23.2 Å². The highest BCUT2D eigenvalue weighted by molar-refractivity contribution is 8.18. The fraction of sp³-hybridized carbons (Fsp3) is 0.280. The van der Waals surface area contributed by atoms with Crippen LogP contribution in [0.15, 0.2) is 58.4 Å². The molecule has 2 aliphatic heterocycles. The summed E-state index contributed by atoms with van der Waals surface area (Å²) in [7, 11) is 0. The van der Waals surface area contributed by atoms with Gasteiger partial charge in [0.2, 0.25) is 0 Å². The van der Waals surface area contributed by atoms with Gasteiger partial charge in [0.15, 0.2) is 5.17 Å². The number of allylic oxidation sites excluding steroid dienone is 1. The molecule has 0 spiro atoms. The molecule has 1 saturated heterocycles. The second-order valence-electron chi connectivity index (χ2n) is 8.37. The Kier molecular flexibility index (Phi) is 6.00. The third-order valence-electron chi connectivity index (χ3n) is 5.45. The van der Waals surface area contributed by atoms with Gasteiger partial charge in [-0.25, -0.2) is 4.99 Å². The molecule has 0 radical (unpaired) electrons. The number of nitrogens with one attached hydrogen (secondary N) is 1. The zero-order valence-electron chi connectivity index (χ0n) is 18.2. The highest BCUT2D eigenvalue weighted by atomic mass is 35.5. The van der Waals surface area contributed by atoms with Gasteiger partial charge in [0, 0.05) is 22.8 Å². The summed E-state index contributed by atoms with van der Waals surface area (Å²) >= 11 is 7.28. The number of aliphatic imine (C=N–C) groups is 1. The molecule has 0 atom stereocenters. The topological polar surface area (TPSA) is 44.7 Å². The van der Waals surface area contributed by atoms with Gasteiger partial charge in [-0.1, -0.05) is 30.7 Å². The summed E-state index contributed by atoms with van der Waals surface area (Å²) in [5.74, 6) is -0.128. The van der Waals surface area contributed by atoms with Crippen LogP contribution in [0.3, 0.4) is 0 Å². The number of carbonyl (C=O) groups excluding carboxylic acids is 1. The SMILES string of the molecule is CCCN1c2ccc(/C=C3/SC(=Nc4ccc(Cl)cc4)NC3=O)cc2C(C)=CC1(C)C. The molecule has 2 heterocycles. The molecule has 1 fully saturated rings. The number of fused-ring (bicyclic) bond motifs is 1. The molecular weight excluding hydrogens is 426 g/mol. The van der Waals surface area contributed by atoms with E-state index in [-0.39, 0.29) is 11.4 Å². The Bertz CT molecular complexity index is 1120. The van der Waals surface area contributed by atoms with Crippen molar-refractivity contribution in [3.05, 3.63) is 69.6 Å². The number of thioether (sulfide) groups is 1. The molecule has 0 aromatic heterocycles. The zero-order chi connectivity index (χ0) is 22.2. The number of nitrogens with zero attached hydrogens (tertiary/aromatic N) is 2. The van der Waals surface area contributed by atoms with E-state index in [9.17, 15) is 4.79 Å². The molecule has 2 aromatic rings. The monoisotopic (exact) mass is 451 g/mol. The van der Waals surface area contributed by atoms with Crippen molar-refractivity contribution in [2.75, 3.05) is 11.4 Å². The van der Waals surface area contributed by atoms with Crippen LogP contribution in [0, 0.1) is 0 Å². The lowest BCUT2D eigenvalue weighted by atomic mass is 9.88. The van der Waals surface area contributed by atoms with Crippen molar-refractivity contribution < 1.29 is 4.79 Å². The Hall–Kier alpha value is -2.50. The van der Waals surface area contributed by atoms with E-state index in [2.05, 4.69) is 67.2 Å². The van der Waals surface area contributed by atoms with Crippen molar-refractivity contribution in [2.45, 2.75) is 39.7 Å². The van der Waals surface area contributed by atoms with Crippen LogP contribution < -0.4 is 10.2 Å². The number of amidine groups is 1. The molecule has 0 aliphatic carbocycles. The number of rotatable bonds is 4. The first-order valence-electron chi connectivity index (χ1n) is 10.4. The van der Waals surface area contributed by atoms with Gasteiger partial charge in [-0.2, -0.15) is 0 Å². The molecule has 4 nitrogen and oxygen atoms in total. The van der Waals surface area contributed by atoms with E-state index in [1.807, 2.05) is 18.2 Å². The molecule has 0 saturated carbocycles. The van der Waals surface area contributed by atoms with Gasteiger partial charge >= 0.3 is 0 Å². The Labute approximate surface area is 193 Å². The molecule has 0 unspecified atom stereocenters. The predicted molar refractivity (Wildman–Crippen MR) is 134 cm³/mol. The van der Waals surface area contributed by atoms with Crippen LogP contribution in [0.4, 0.5) is 11.4 Å². The van der Waals surface area contributed by atoms with Gasteiger partial charge in [0.1, 0.15) is 0 Å². The van der Waals surface area contributed by atoms with Crippen molar-refractivity contribution in [3.63, 3.8) is 0 Å². The molecule has 2 aromatic carbocycles. The van der Waals surface area contributed by atoms with Crippen molar-refractivity contribution in [1.82, 2.24) is 5.32 Å². The largest absolute Gasteiger partial charge is 0.362 e. The summed E-state index contributed by atoms with van der Waals surface area (Å²) in [6.45, 7) is 9.89. The average Bonchev–Trinajstić information content (AvgIpc) is 3.05. The number of carbonyl (C=O) groups is 1. The van der Waals surface area contributed by atoms with E-state index < -0.39 is 0 Å². The maximum atomic E-state index is 12.5. The first kappa shape index (κ1) is 21.7. The molecule has 0 bridgehead atoms. The first-order valence-corrected chi connectivity index (χ1v) is 11.6. The van der Waals surface area contributed by atoms with Gasteiger partial charge in [0.25, 0.3) is 5.91 Å². The Balaban J connectivity index is 1.62. The molecular formula is C25H26ClN3OS. The van der Waals surface area contributed by atoms with Crippen LogP contribution in [-0.2, 0) is 4.79 Å². The quantitative estimate of drug-likeness (QED) is 0.529. The molecule has 31 heavy (non-hydrogen) atoms. The van der Waals surface area contributed by atoms with E-state index >= 15 is 0 Å². The summed E-state index contributed by atoms with van der Waals surface area (Å²) in [5, 5.41) is 4.08. The summed E-state index contributed by atoms with van der Waals surface area (Å²) in [6.07, 6.45) is 5.35. The minimum atomic E-state index is -0.128. The summed E-state index contributed by atoms with van der Waals surface area (Å²) in [6, 6.07) is 13.7. The third-order valence-corrected chi connectivity index (χ3v) is 6.62. The molecule has 4 rings (SSSR count). The lowest BCUT2D eigenvalue weighted by Crippen LogP contribution is -2.45. The lowest BCUT2D eigenvalue weighted by molar-refractivity contribution is -0.115. The van der Waals surface area contributed by atoms with Crippen molar-refractivity contribution in [3.8, 4) is 0 Å². The number of halogens is 1. The maximum absolute atomic E-state index is 12.5. The second kappa shape index (κ2) is 8.56. The number of hydrogen-bond donors (Lipinski definition) is 1. The summed E-state index contributed by atoms with van der Waals surface area (Å²) < 4.78 is 0. The Morgan fingerprint density at radius 1 is 1.19 bits per heavy atom. The highest BCUT2D eigenvalue weighted by Crippen LogP contribution is 2.40. The Morgan fingerprint density at radius 3 is 2.65 bits per heavy atom. The molecule has 1 N–H and O–H groups in total.